The summed E-state index contributed by atoms with van der Waals surface area (Å²) in [7, 11) is 0. The van der Waals surface area contributed by atoms with Gasteiger partial charge in [-0.3, -0.25) is 0 Å². The molecule has 0 spiro atoms. The van der Waals surface area contributed by atoms with Crippen molar-refractivity contribution in [3.63, 3.8) is 0 Å². The van der Waals surface area contributed by atoms with Crippen molar-refractivity contribution >= 4 is 5.82 Å². The largest absolute Gasteiger partial charge is 0.477 e. The van der Waals surface area contributed by atoms with E-state index in [1.165, 1.54) is 19.3 Å². The minimum absolute atomic E-state index is 0.537. The molecule has 1 aromatic rings. The predicted molar refractivity (Wildman–Crippen MR) is 70.6 cm³/mol. The van der Waals surface area contributed by atoms with Crippen LogP contribution in [0.3, 0.4) is 0 Å². The number of ether oxygens (including phenoxy) is 1. The van der Waals surface area contributed by atoms with Gasteiger partial charge in [0.25, 0.3) is 0 Å². The summed E-state index contributed by atoms with van der Waals surface area (Å²) in [6, 6.07) is 6.05. The average Bonchev–Trinajstić information content (AvgIpc) is 2.38. The normalized spacial score (nSPS) is 16.3. The van der Waals surface area contributed by atoms with Crippen LogP contribution in [0.4, 0.5) is 5.82 Å². The molecule has 0 aliphatic carbocycles. The standard InChI is InChI=1S/C14H22N2O/c1-12(2)11-17-14-8-6-7-13(15-14)16-9-4-3-5-10-16/h6-8,12H,3-5,9-11H2,1-2H3. The van der Waals surface area contributed by atoms with Gasteiger partial charge in [0.2, 0.25) is 5.88 Å². The van der Waals surface area contributed by atoms with Gasteiger partial charge >= 0.3 is 0 Å². The van der Waals surface area contributed by atoms with E-state index >= 15 is 0 Å². The van der Waals surface area contributed by atoms with Crippen LogP contribution in [0.15, 0.2) is 18.2 Å². The van der Waals surface area contributed by atoms with E-state index in [4.69, 9.17) is 4.74 Å². The van der Waals surface area contributed by atoms with Gasteiger partial charge in [0.15, 0.2) is 0 Å². The van der Waals surface area contributed by atoms with Crippen LogP contribution in [0.5, 0.6) is 5.88 Å². The second kappa shape index (κ2) is 5.89. The Balaban J connectivity index is 2.00. The van der Waals surface area contributed by atoms with Crippen molar-refractivity contribution in [2.24, 2.45) is 5.92 Å². The highest BCUT2D eigenvalue weighted by molar-refractivity contribution is 5.40. The molecule has 0 aromatic carbocycles. The Morgan fingerprint density at radius 3 is 2.71 bits per heavy atom. The topological polar surface area (TPSA) is 25.4 Å². The minimum Gasteiger partial charge on any atom is -0.477 e. The lowest BCUT2D eigenvalue weighted by Crippen LogP contribution is -2.30. The Hall–Kier alpha value is -1.25. The van der Waals surface area contributed by atoms with Crippen LogP contribution >= 0.6 is 0 Å². The summed E-state index contributed by atoms with van der Waals surface area (Å²) in [6.07, 6.45) is 3.90. The molecule has 1 aliphatic rings. The third-order valence-electron chi connectivity index (χ3n) is 2.95. The van der Waals surface area contributed by atoms with Gasteiger partial charge in [0, 0.05) is 19.2 Å². The van der Waals surface area contributed by atoms with Gasteiger partial charge in [-0.05, 0) is 31.2 Å². The van der Waals surface area contributed by atoms with Gasteiger partial charge < -0.3 is 9.64 Å². The number of pyridine rings is 1. The number of hydrogen-bond donors (Lipinski definition) is 0. The van der Waals surface area contributed by atoms with E-state index in [1.807, 2.05) is 12.1 Å². The summed E-state index contributed by atoms with van der Waals surface area (Å²) in [5, 5.41) is 0. The summed E-state index contributed by atoms with van der Waals surface area (Å²) < 4.78 is 5.66. The van der Waals surface area contributed by atoms with Crippen molar-refractivity contribution in [3.05, 3.63) is 18.2 Å². The number of nitrogens with zero attached hydrogens (tertiary/aromatic N) is 2. The van der Waals surface area contributed by atoms with Crippen LogP contribution in [0.1, 0.15) is 33.1 Å². The second-order valence-electron chi connectivity index (χ2n) is 5.09. The molecule has 0 radical (unpaired) electrons. The maximum absolute atomic E-state index is 5.66. The highest BCUT2D eigenvalue weighted by atomic mass is 16.5. The molecular weight excluding hydrogens is 212 g/mol. The summed E-state index contributed by atoms with van der Waals surface area (Å²) in [5.41, 5.74) is 0. The van der Waals surface area contributed by atoms with Crippen LogP contribution in [-0.4, -0.2) is 24.7 Å². The van der Waals surface area contributed by atoms with E-state index in [2.05, 4.69) is 29.8 Å². The van der Waals surface area contributed by atoms with Crippen LogP contribution in [0, 0.1) is 5.92 Å². The SMILES string of the molecule is CC(C)COc1cccc(N2CCCCC2)n1. The van der Waals surface area contributed by atoms with Gasteiger partial charge in [-0.1, -0.05) is 19.9 Å². The fraction of sp³-hybridized carbons (Fsp3) is 0.643. The molecule has 1 fully saturated rings. The molecular formula is C14H22N2O. The monoisotopic (exact) mass is 234 g/mol. The second-order valence-corrected chi connectivity index (χ2v) is 5.09. The maximum Gasteiger partial charge on any atom is 0.215 e. The number of piperidine rings is 1. The Labute approximate surface area is 104 Å². The fourth-order valence-electron chi connectivity index (χ4n) is 2.04. The third kappa shape index (κ3) is 3.62. The van der Waals surface area contributed by atoms with Gasteiger partial charge in [-0.15, -0.1) is 0 Å². The van der Waals surface area contributed by atoms with E-state index in [-0.39, 0.29) is 0 Å². The molecule has 0 saturated carbocycles. The molecule has 1 aromatic heterocycles. The van der Waals surface area contributed by atoms with Gasteiger partial charge in [0.1, 0.15) is 5.82 Å². The van der Waals surface area contributed by atoms with Crippen molar-refractivity contribution < 1.29 is 4.74 Å². The molecule has 0 atom stereocenters. The molecule has 0 N–H and O–H groups in total. The Morgan fingerprint density at radius 2 is 2.00 bits per heavy atom. The highest BCUT2D eigenvalue weighted by Gasteiger charge is 2.12. The van der Waals surface area contributed by atoms with E-state index in [1.54, 1.807) is 0 Å². The zero-order chi connectivity index (χ0) is 12.1. The van der Waals surface area contributed by atoms with Crippen molar-refractivity contribution in [2.75, 3.05) is 24.6 Å². The van der Waals surface area contributed by atoms with Crippen LogP contribution in [0.25, 0.3) is 0 Å². The van der Waals surface area contributed by atoms with Gasteiger partial charge in [0.05, 0.1) is 6.61 Å². The van der Waals surface area contributed by atoms with Crippen molar-refractivity contribution in [2.45, 2.75) is 33.1 Å². The highest BCUT2D eigenvalue weighted by Crippen LogP contribution is 2.20. The van der Waals surface area contributed by atoms with Gasteiger partial charge in [-0.25, -0.2) is 0 Å². The summed E-state index contributed by atoms with van der Waals surface area (Å²) in [6.45, 7) is 7.28. The lowest BCUT2D eigenvalue weighted by Gasteiger charge is -2.27. The van der Waals surface area contributed by atoms with Crippen molar-refractivity contribution in [3.8, 4) is 5.88 Å². The minimum atomic E-state index is 0.537. The molecule has 94 valence electrons. The molecule has 0 amide bonds. The first-order valence-corrected chi connectivity index (χ1v) is 6.60. The summed E-state index contributed by atoms with van der Waals surface area (Å²) in [5.74, 6) is 2.35. The number of hydrogen-bond acceptors (Lipinski definition) is 3. The molecule has 3 nitrogen and oxygen atoms in total. The van der Waals surface area contributed by atoms with E-state index < -0.39 is 0 Å². The maximum atomic E-state index is 5.66. The Bertz CT molecular complexity index is 346. The predicted octanol–water partition coefficient (Wildman–Crippen LogP) is 3.11. The number of rotatable bonds is 4. The first-order valence-electron chi connectivity index (χ1n) is 6.60. The van der Waals surface area contributed by atoms with Crippen LogP contribution < -0.4 is 9.64 Å². The first kappa shape index (κ1) is 12.2. The first-order chi connectivity index (χ1) is 8.25. The lowest BCUT2D eigenvalue weighted by molar-refractivity contribution is 0.261. The molecule has 0 bridgehead atoms. The lowest BCUT2D eigenvalue weighted by atomic mass is 10.1. The molecule has 3 heteroatoms. The van der Waals surface area contributed by atoms with Crippen LogP contribution in [-0.2, 0) is 0 Å². The number of aromatic nitrogens is 1. The van der Waals surface area contributed by atoms with Crippen molar-refractivity contribution in [1.82, 2.24) is 4.98 Å². The third-order valence-corrected chi connectivity index (χ3v) is 2.95. The molecule has 17 heavy (non-hydrogen) atoms. The van der Waals surface area contributed by atoms with E-state index in [0.717, 1.165) is 31.4 Å². The van der Waals surface area contributed by atoms with E-state index in [0.29, 0.717) is 5.92 Å². The van der Waals surface area contributed by atoms with Crippen LogP contribution in [0.2, 0.25) is 0 Å². The molecule has 1 aliphatic heterocycles. The zero-order valence-electron chi connectivity index (χ0n) is 10.9. The Morgan fingerprint density at radius 1 is 1.24 bits per heavy atom. The quantitative estimate of drug-likeness (QED) is 0.800. The molecule has 2 rings (SSSR count). The average molecular weight is 234 g/mol. The smallest absolute Gasteiger partial charge is 0.215 e. The van der Waals surface area contributed by atoms with Crippen molar-refractivity contribution in [1.29, 1.82) is 0 Å². The fourth-order valence-corrected chi connectivity index (χ4v) is 2.04. The summed E-state index contributed by atoms with van der Waals surface area (Å²) >= 11 is 0. The zero-order valence-corrected chi connectivity index (χ0v) is 10.9. The Kier molecular flexibility index (Phi) is 4.24. The number of anilines is 1. The van der Waals surface area contributed by atoms with Gasteiger partial charge in [-0.2, -0.15) is 4.98 Å². The summed E-state index contributed by atoms with van der Waals surface area (Å²) in [4.78, 5) is 6.92. The molecule has 0 unspecified atom stereocenters. The molecule has 2 heterocycles. The molecule has 1 saturated heterocycles. The van der Waals surface area contributed by atoms with E-state index in [9.17, 15) is 0 Å².